The maximum Gasteiger partial charge on any atom is 0.246 e. The minimum atomic E-state index is -0.651. The van der Waals surface area contributed by atoms with Crippen molar-refractivity contribution in [3.63, 3.8) is 0 Å². The summed E-state index contributed by atoms with van der Waals surface area (Å²) < 4.78 is 28.2. The van der Waals surface area contributed by atoms with Crippen LogP contribution >= 0.6 is 0 Å². The fourth-order valence-corrected chi connectivity index (χ4v) is 3.71. The minimum Gasteiger partial charge on any atom is -0.323 e. The predicted molar refractivity (Wildman–Crippen MR) is 105 cm³/mol. The number of aryl methyl sites for hydroxylation is 1. The highest BCUT2D eigenvalue weighted by Crippen LogP contribution is 2.30. The zero-order chi connectivity index (χ0) is 19.7. The standard InChI is InChI=1S/C21H23F2N5/c1-14-7-16(15-3-5-27(2)6-4-15)9-19(8-14)25-21-24-13-28(26-21)20-11-17(22)10-18(23)12-20/h7-13,15H,3-6H2,1-2H3,(H,25,26). The first kappa shape index (κ1) is 18.6. The van der Waals surface area contributed by atoms with E-state index >= 15 is 0 Å². The number of hydrogen-bond acceptors (Lipinski definition) is 4. The molecule has 1 saturated heterocycles. The van der Waals surface area contributed by atoms with Gasteiger partial charge in [0.25, 0.3) is 0 Å². The van der Waals surface area contributed by atoms with Crippen LogP contribution in [0.1, 0.15) is 29.9 Å². The molecule has 0 aliphatic carbocycles. The van der Waals surface area contributed by atoms with Gasteiger partial charge in [-0.25, -0.2) is 13.5 Å². The van der Waals surface area contributed by atoms with Crippen LogP contribution in [0.3, 0.4) is 0 Å². The molecule has 0 spiro atoms. The van der Waals surface area contributed by atoms with E-state index < -0.39 is 11.6 Å². The summed E-state index contributed by atoms with van der Waals surface area (Å²) in [6.07, 6.45) is 3.74. The first-order chi connectivity index (χ1) is 13.5. The number of likely N-dealkylation sites (tertiary alicyclic amines) is 1. The molecule has 2 heterocycles. The van der Waals surface area contributed by atoms with Gasteiger partial charge >= 0.3 is 0 Å². The van der Waals surface area contributed by atoms with Gasteiger partial charge in [-0.15, -0.1) is 5.10 Å². The lowest BCUT2D eigenvalue weighted by Gasteiger charge is -2.29. The third-order valence-electron chi connectivity index (χ3n) is 5.15. The molecule has 0 saturated carbocycles. The summed E-state index contributed by atoms with van der Waals surface area (Å²) in [7, 11) is 2.16. The monoisotopic (exact) mass is 383 g/mol. The first-order valence-electron chi connectivity index (χ1n) is 9.41. The molecule has 1 fully saturated rings. The molecule has 7 heteroatoms. The Morgan fingerprint density at radius 1 is 1.00 bits per heavy atom. The zero-order valence-electron chi connectivity index (χ0n) is 16.0. The largest absolute Gasteiger partial charge is 0.323 e. The van der Waals surface area contributed by atoms with Gasteiger partial charge in [0.05, 0.1) is 5.69 Å². The molecular weight excluding hydrogens is 360 g/mol. The molecule has 0 bridgehead atoms. The summed E-state index contributed by atoms with van der Waals surface area (Å²) >= 11 is 0. The van der Waals surface area contributed by atoms with Crippen molar-refractivity contribution < 1.29 is 8.78 Å². The molecule has 0 amide bonds. The highest BCUT2D eigenvalue weighted by molar-refractivity contribution is 5.56. The van der Waals surface area contributed by atoms with Crippen LogP contribution in [0.15, 0.2) is 42.7 Å². The van der Waals surface area contributed by atoms with E-state index in [1.165, 1.54) is 34.3 Å². The molecule has 2 aromatic carbocycles. The van der Waals surface area contributed by atoms with Crippen LogP contribution in [0.25, 0.3) is 5.69 Å². The molecule has 1 aliphatic heterocycles. The summed E-state index contributed by atoms with van der Waals surface area (Å²) in [5, 5.41) is 7.51. The summed E-state index contributed by atoms with van der Waals surface area (Å²) in [6.45, 7) is 4.29. The molecule has 146 valence electrons. The van der Waals surface area contributed by atoms with Gasteiger partial charge in [0, 0.05) is 11.8 Å². The Labute approximate surface area is 163 Å². The summed E-state index contributed by atoms with van der Waals surface area (Å²) in [6, 6.07) is 9.69. The highest BCUT2D eigenvalue weighted by Gasteiger charge is 2.19. The predicted octanol–water partition coefficient (Wildman–Crippen LogP) is 4.41. The SMILES string of the molecule is Cc1cc(Nc2ncn(-c3cc(F)cc(F)c3)n2)cc(C2CCN(C)CC2)c1. The van der Waals surface area contributed by atoms with E-state index in [2.05, 4.69) is 46.4 Å². The van der Waals surface area contributed by atoms with Gasteiger partial charge < -0.3 is 10.2 Å². The van der Waals surface area contributed by atoms with Crippen LogP contribution in [0, 0.1) is 18.6 Å². The summed E-state index contributed by atoms with van der Waals surface area (Å²) in [4.78, 5) is 6.58. The van der Waals surface area contributed by atoms with Crippen LogP contribution in [0.5, 0.6) is 0 Å². The topological polar surface area (TPSA) is 46.0 Å². The van der Waals surface area contributed by atoms with E-state index in [0.717, 1.165) is 37.7 Å². The first-order valence-corrected chi connectivity index (χ1v) is 9.41. The van der Waals surface area contributed by atoms with Gasteiger partial charge in [-0.05, 0) is 81.2 Å². The number of aromatic nitrogens is 3. The van der Waals surface area contributed by atoms with Crippen molar-refractivity contribution in [2.24, 2.45) is 0 Å². The van der Waals surface area contributed by atoms with Crippen LogP contribution in [-0.2, 0) is 0 Å². The average molecular weight is 383 g/mol. The molecule has 0 radical (unpaired) electrons. The number of nitrogens with zero attached hydrogens (tertiary/aromatic N) is 4. The van der Waals surface area contributed by atoms with E-state index in [0.29, 0.717) is 11.9 Å². The number of hydrogen-bond donors (Lipinski definition) is 1. The van der Waals surface area contributed by atoms with Crippen LogP contribution in [0.4, 0.5) is 20.4 Å². The van der Waals surface area contributed by atoms with Crippen molar-refractivity contribution in [3.05, 3.63) is 65.5 Å². The van der Waals surface area contributed by atoms with E-state index in [9.17, 15) is 8.78 Å². The van der Waals surface area contributed by atoms with E-state index in [1.807, 2.05) is 6.07 Å². The zero-order valence-corrected chi connectivity index (χ0v) is 16.0. The molecule has 28 heavy (non-hydrogen) atoms. The van der Waals surface area contributed by atoms with Crippen LogP contribution < -0.4 is 5.32 Å². The van der Waals surface area contributed by atoms with Crippen molar-refractivity contribution in [1.29, 1.82) is 0 Å². The Bertz CT molecular complexity index is 956. The molecule has 4 rings (SSSR count). The lowest BCUT2D eigenvalue weighted by Crippen LogP contribution is -2.29. The van der Waals surface area contributed by atoms with Crippen molar-refractivity contribution in [2.75, 3.05) is 25.5 Å². The molecule has 1 aromatic heterocycles. The molecule has 0 atom stereocenters. The number of benzene rings is 2. The Morgan fingerprint density at radius 3 is 2.43 bits per heavy atom. The second-order valence-electron chi connectivity index (χ2n) is 7.48. The van der Waals surface area contributed by atoms with Crippen molar-refractivity contribution in [2.45, 2.75) is 25.7 Å². The Balaban J connectivity index is 1.54. The minimum absolute atomic E-state index is 0.286. The van der Waals surface area contributed by atoms with Crippen LogP contribution in [-0.4, -0.2) is 39.8 Å². The fraction of sp³-hybridized carbons (Fsp3) is 0.333. The lowest BCUT2D eigenvalue weighted by molar-refractivity contribution is 0.255. The smallest absolute Gasteiger partial charge is 0.246 e. The van der Waals surface area contributed by atoms with E-state index in [-0.39, 0.29) is 5.69 Å². The molecule has 5 nitrogen and oxygen atoms in total. The van der Waals surface area contributed by atoms with Gasteiger partial charge in [-0.2, -0.15) is 4.98 Å². The van der Waals surface area contributed by atoms with Gasteiger partial charge in [0.15, 0.2) is 0 Å². The average Bonchev–Trinajstić information content (AvgIpc) is 3.09. The number of piperidine rings is 1. The Kier molecular flexibility index (Phi) is 5.09. The van der Waals surface area contributed by atoms with Crippen LogP contribution in [0.2, 0.25) is 0 Å². The lowest BCUT2D eigenvalue weighted by atomic mass is 9.88. The third-order valence-corrected chi connectivity index (χ3v) is 5.15. The summed E-state index contributed by atoms with van der Waals surface area (Å²) in [5.74, 6) is -0.370. The fourth-order valence-electron chi connectivity index (χ4n) is 3.71. The number of rotatable bonds is 4. The third kappa shape index (κ3) is 4.20. The normalized spacial score (nSPS) is 15.7. The second-order valence-corrected chi connectivity index (χ2v) is 7.48. The maximum atomic E-state index is 13.4. The van der Waals surface area contributed by atoms with Gasteiger partial charge in [-0.1, -0.05) is 6.07 Å². The van der Waals surface area contributed by atoms with Crippen molar-refractivity contribution in [3.8, 4) is 5.69 Å². The van der Waals surface area contributed by atoms with E-state index in [4.69, 9.17) is 0 Å². The maximum absolute atomic E-state index is 13.4. The molecule has 3 aromatic rings. The number of halogens is 2. The Morgan fingerprint density at radius 2 is 1.71 bits per heavy atom. The number of anilines is 2. The van der Waals surface area contributed by atoms with E-state index in [1.54, 1.807) is 0 Å². The second kappa shape index (κ2) is 7.67. The Hall–Kier alpha value is -2.80. The molecule has 0 unspecified atom stereocenters. The van der Waals surface area contributed by atoms with Crippen molar-refractivity contribution in [1.82, 2.24) is 19.7 Å². The van der Waals surface area contributed by atoms with Gasteiger partial charge in [0.1, 0.15) is 18.0 Å². The van der Waals surface area contributed by atoms with Gasteiger partial charge in [-0.3, -0.25) is 0 Å². The molecule has 1 N–H and O–H groups in total. The molecule has 1 aliphatic rings. The highest BCUT2D eigenvalue weighted by atomic mass is 19.1. The molecular formula is C21H23F2N5. The quantitative estimate of drug-likeness (QED) is 0.725. The number of nitrogens with one attached hydrogen (secondary N) is 1. The van der Waals surface area contributed by atoms with Gasteiger partial charge in [0.2, 0.25) is 5.95 Å². The summed E-state index contributed by atoms with van der Waals surface area (Å²) in [5.41, 5.74) is 3.69. The van der Waals surface area contributed by atoms with Crippen molar-refractivity contribution >= 4 is 11.6 Å².